The second kappa shape index (κ2) is 22.3. The third-order valence-corrected chi connectivity index (χ3v) is 10.2. The number of amides is 1. The molecule has 286 valence electrons. The highest BCUT2D eigenvalue weighted by atomic mass is 17.1. The first-order valence-electron chi connectivity index (χ1n) is 18.8. The van der Waals surface area contributed by atoms with Gasteiger partial charge in [-0.15, -0.1) is 0 Å². The summed E-state index contributed by atoms with van der Waals surface area (Å²) in [5, 5.41) is 28.6. The molecule has 3 N–H and O–H groups in total. The Morgan fingerprint density at radius 1 is 1.04 bits per heavy atom. The SMILES string of the molecule is CCOCC(C)COCc1ccc(C2C(O)CN(C(=O)CCCCCON(O)O)CC2OCC2CCC3OCCN(CCCOC)C3C2)cc1. The molecule has 13 nitrogen and oxygen atoms in total. The van der Waals surface area contributed by atoms with Gasteiger partial charge < -0.3 is 33.7 Å². The molecule has 2 heterocycles. The number of aliphatic hydroxyl groups is 1. The van der Waals surface area contributed by atoms with Gasteiger partial charge in [-0.1, -0.05) is 37.6 Å². The summed E-state index contributed by atoms with van der Waals surface area (Å²) in [5.74, 6) is 0.409. The lowest BCUT2D eigenvalue weighted by molar-refractivity contribution is -0.492. The molecular weight excluding hydrogens is 646 g/mol. The Labute approximate surface area is 298 Å². The standard InChI is InChI=1S/C37H63N3O10/c1-4-46-24-28(2)25-47-26-29-10-13-31(14-11-29)37-33(41)22-39(36(42)9-6-5-7-19-50-40(43)44)23-35(37)49-27-30-12-15-34-32(21-30)38(17-20-48-34)16-8-18-45-3/h10-11,13-14,28,30,32-35,37,41,43-44H,4-9,12,15-27H2,1-3H3. The summed E-state index contributed by atoms with van der Waals surface area (Å²) in [5.41, 5.74) is 2.06. The van der Waals surface area contributed by atoms with Gasteiger partial charge in [-0.25, -0.2) is 0 Å². The lowest BCUT2D eigenvalue weighted by Gasteiger charge is -2.47. The van der Waals surface area contributed by atoms with Crippen LogP contribution < -0.4 is 0 Å². The fourth-order valence-corrected chi connectivity index (χ4v) is 7.60. The molecule has 2 saturated heterocycles. The van der Waals surface area contributed by atoms with E-state index in [9.17, 15) is 9.90 Å². The smallest absolute Gasteiger partial charge is 0.222 e. The largest absolute Gasteiger partial charge is 0.391 e. The van der Waals surface area contributed by atoms with Crippen LogP contribution in [0.1, 0.15) is 82.3 Å². The maximum Gasteiger partial charge on any atom is 0.222 e. The zero-order valence-electron chi connectivity index (χ0n) is 30.5. The van der Waals surface area contributed by atoms with Gasteiger partial charge in [0.2, 0.25) is 5.91 Å². The minimum absolute atomic E-state index is 0.0133. The Morgan fingerprint density at radius 3 is 2.60 bits per heavy atom. The van der Waals surface area contributed by atoms with E-state index in [1.807, 2.05) is 6.92 Å². The van der Waals surface area contributed by atoms with E-state index in [-0.39, 0.29) is 42.6 Å². The number of carbonyl (C=O) groups is 1. The number of hydrogen-bond donors (Lipinski definition) is 3. The van der Waals surface area contributed by atoms with Crippen molar-refractivity contribution in [2.45, 2.75) is 102 Å². The van der Waals surface area contributed by atoms with E-state index < -0.39 is 6.10 Å². The Balaban J connectivity index is 1.37. The van der Waals surface area contributed by atoms with Gasteiger partial charge >= 0.3 is 0 Å². The van der Waals surface area contributed by atoms with Crippen LogP contribution in [0, 0.1) is 11.8 Å². The van der Waals surface area contributed by atoms with E-state index in [0.717, 1.165) is 63.1 Å². The van der Waals surface area contributed by atoms with Crippen molar-refractivity contribution < 1.29 is 48.8 Å². The van der Waals surface area contributed by atoms with Gasteiger partial charge in [-0.05, 0) is 62.5 Å². The monoisotopic (exact) mass is 709 g/mol. The van der Waals surface area contributed by atoms with Crippen LogP contribution in [0.25, 0.3) is 0 Å². The zero-order chi connectivity index (χ0) is 35.7. The summed E-state index contributed by atoms with van der Waals surface area (Å²) < 4.78 is 29.7. The van der Waals surface area contributed by atoms with Gasteiger partial charge in [0.05, 0.1) is 56.7 Å². The molecular formula is C37H63N3O10. The number of likely N-dealkylation sites (tertiary alicyclic amines) is 1. The van der Waals surface area contributed by atoms with Crippen molar-refractivity contribution in [1.29, 1.82) is 0 Å². The van der Waals surface area contributed by atoms with Crippen LogP contribution in [-0.4, -0.2) is 141 Å². The van der Waals surface area contributed by atoms with E-state index in [2.05, 4.69) is 40.9 Å². The average molecular weight is 710 g/mol. The molecule has 3 fully saturated rings. The second-order valence-electron chi connectivity index (χ2n) is 14.2. The molecule has 1 amide bonds. The number of unbranched alkanes of at least 4 members (excludes halogenated alkanes) is 2. The van der Waals surface area contributed by atoms with Crippen molar-refractivity contribution >= 4 is 5.91 Å². The fourth-order valence-electron chi connectivity index (χ4n) is 7.60. The van der Waals surface area contributed by atoms with Crippen LogP contribution in [0.4, 0.5) is 0 Å². The maximum absolute atomic E-state index is 13.3. The molecule has 0 bridgehead atoms. The molecule has 7 atom stereocenters. The molecule has 3 aliphatic rings. The minimum atomic E-state index is -0.772. The molecule has 1 aromatic rings. The topological polar surface area (TPSA) is 143 Å². The summed E-state index contributed by atoms with van der Waals surface area (Å²) >= 11 is 0. The van der Waals surface area contributed by atoms with E-state index in [1.165, 1.54) is 0 Å². The molecule has 50 heavy (non-hydrogen) atoms. The average Bonchev–Trinajstić information content (AvgIpc) is 3.11. The van der Waals surface area contributed by atoms with Crippen LogP contribution in [0.15, 0.2) is 24.3 Å². The third-order valence-electron chi connectivity index (χ3n) is 10.2. The molecule has 0 aromatic heterocycles. The molecule has 2 aliphatic heterocycles. The number of carbonyl (C=O) groups excluding carboxylic acids is 1. The summed E-state index contributed by atoms with van der Waals surface area (Å²) in [6.07, 6.45) is 5.46. The Bertz CT molecular complexity index is 1080. The van der Waals surface area contributed by atoms with Crippen LogP contribution in [0.3, 0.4) is 0 Å². The van der Waals surface area contributed by atoms with E-state index in [0.29, 0.717) is 83.1 Å². The lowest BCUT2D eigenvalue weighted by Crippen LogP contribution is -2.55. The van der Waals surface area contributed by atoms with Crippen LogP contribution in [-0.2, 0) is 39.9 Å². The molecule has 1 aromatic carbocycles. The number of ether oxygens (including phenoxy) is 5. The van der Waals surface area contributed by atoms with E-state index >= 15 is 0 Å². The molecule has 13 heteroatoms. The van der Waals surface area contributed by atoms with Gasteiger partial charge in [-0.3, -0.25) is 24.9 Å². The summed E-state index contributed by atoms with van der Waals surface area (Å²) in [4.78, 5) is 22.2. The third kappa shape index (κ3) is 13.3. The quantitative estimate of drug-likeness (QED) is 0.118. The summed E-state index contributed by atoms with van der Waals surface area (Å²) in [6, 6.07) is 8.61. The normalized spacial score (nSPS) is 26.7. The van der Waals surface area contributed by atoms with Crippen LogP contribution in [0.2, 0.25) is 0 Å². The van der Waals surface area contributed by atoms with Crippen molar-refractivity contribution in [3.8, 4) is 0 Å². The highest BCUT2D eigenvalue weighted by Gasteiger charge is 2.41. The number of β-amino-alcohol motifs (C(OH)–C–C–N with tert-alkyl or cyclic N) is 1. The molecule has 0 radical (unpaired) electrons. The molecule has 1 aliphatic carbocycles. The molecule has 7 unspecified atom stereocenters. The van der Waals surface area contributed by atoms with Crippen molar-refractivity contribution in [2.75, 3.05) is 79.5 Å². The highest BCUT2D eigenvalue weighted by Crippen LogP contribution is 2.36. The van der Waals surface area contributed by atoms with Crippen molar-refractivity contribution in [3.63, 3.8) is 0 Å². The van der Waals surface area contributed by atoms with Gasteiger partial charge in [-0.2, -0.15) is 0 Å². The minimum Gasteiger partial charge on any atom is -0.391 e. The van der Waals surface area contributed by atoms with E-state index in [4.69, 9.17) is 34.1 Å². The number of rotatable bonds is 22. The van der Waals surface area contributed by atoms with Crippen molar-refractivity contribution in [2.24, 2.45) is 11.8 Å². The lowest BCUT2D eigenvalue weighted by atomic mass is 9.81. The second-order valence-corrected chi connectivity index (χ2v) is 14.2. The van der Waals surface area contributed by atoms with Gasteiger partial charge in [0, 0.05) is 77.4 Å². The summed E-state index contributed by atoms with van der Waals surface area (Å²) in [7, 11) is 1.75. The van der Waals surface area contributed by atoms with Crippen LogP contribution in [0.5, 0.6) is 0 Å². The maximum atomic E-state index is 13.3. The zero-order valence-corrected chi connectivity index (χ0v) is 30.5. The number of methoxy groups -OCH3 is 1. The first-order valence-corrected chi connectivity index (χ1v) is 18.8. The first-order chi connectivity index (χ1) is 24.3. The van der Waals surface area contributed by atoms with Crippen LogP contribution >= 0.6 is 0 Å². The van der Waals surface area contributed by atoms with Gasteiger partial charge in [0.25, 0.3) is 0 Å². The number of hydrogen-bond acceptors (Lipinski definition) is 12. The molecule has 0 spiro atoms. The fraction of sp³-hybridized carbons (Fsp3) is 0.811. The number of piperidine rings is 1. The number of aliphatic hydroxyl groups excluding tert-OH is 1. The molecule has 4 rings (SSSR count). The molecule has 1 saturated carbocycles. The Kier molecular flexibility index (Phi) is 18.3. The van der Waals surface area contributed by atoms with Gasteiger partial charge in [0.15, 0.2) is 0 Å². The predicted octanol–water partition coefficient (Wildman–Crippen LogP) is 4.03. The van der Waals surface area contributed by atoms with E-state index in [1.54, 1.807) is 12.0 Å². The first kappa shape index (κ1) is 41.0. The van der Waals surface area contributed by atoms with Crippen molar-refractivity contribution in [1.82, 2.24) is 15.2 Å². The Morgan fingerprint density at radius 2 is 1.84 bits per heavy atom. The van der Waals surface area contributed by atoms with Gasteiger partial charge in [0.1, 0.15) is 0 Å². The number of fused-ring (bicyclic) bond motifs is 1. The Hall–Kier alpha value is -1.75. The number of nitrogens with zero attached hydrogens (tertiary/aromatic N) is 3. The number of benzene rings is 1. The highest BCUT2D eigenvalue weighted by molar-refractivity contribution is 5.76. The number of morpholine rings is 1. The summed E-state index contributed by atoms with van der Waals surface area (Å²) in [6.45, 7) is 11.5. The van der Waals surface area contributed by atoms with Crippen molar-refractivity contribution in [3.05, 3.63) is 35.4 Å². The predicted molar refractivity (Wildman–Crippen MR) is 186 cm³/mol.